The molecule has 1 aromatic carbocycles. The van der Waals surface area contributed by atoms with Gasteiger partial charge < -0.3 is 16.0 Å². The van der Waals surface area contributed by atoms with Crippen molar-refractivity contribution < 1.29 is 17.6 Å². The van der Waals surface area contributed by atoms with E-state index in [-0.39, 0.29) is 29.5 Å². The Hall–Kier alpha value is -1.67. The van der Waals surface area contributed by atoms with Crippen molar-refractivity contribution >= 4 is 27.1 Å². The fraction of sp³-hybridized carbons (Fsp3) is 0.462. The lowest BCUT2D eigenvalue weighted by Crippen LogP contribution is -2.41. The minimum atomic E-state index is -2.91. The number of nitrogen functional groups attached to an aromatic ring is 1. The summed E-state index contributed by atoms with van der Waals surface area (Å²) >= 11 is 0. The third kappa shape index (κ3) is 4.68. The maximum Gasteiger partial charge on any atom is 0.225 e. The molecule has 3 N–H and O–H groups in total. The lowest BCUT2D eigenvalue weighted by atomic mass is 10.2. The number of benzene rings is 1. The van der Waals surface area contributed by atoms with Crippen molar-refractivity contribution in [3.05, 3.63) is 24.0 Å². The van der Waals surface area contributed by atoms with Crippen molar-refractivity contribution in [2.24, 2.45) is 0 Å². The zero-order chi connectivity index (χ0) is 15.5. The number of anilines is 2. The Balaban J connectivity index is 1.80. The number of amides is 1. The molecule has 0 radical (unpaired) electrons. The highest BCUT2D eigenvalue weighted by Crippen LogP contribution is 2.19. The molecule has 1 amide bonds. The molecule has 6 nitrogen and oxygen atoms in total. The Morgan fingerprint density at radius 2 is 2.00 bits per heavy atom. The van der Waals surface area contributed by atoms with Gasteiger partial charge in [0.2, 0.25) is 5.91 Å². The second-order valence-corrected chi connectivity index (χ2v) is 7.33. The lowest BCUT2D eigenvalue weighted by molar-refractivity contribution is -0.116. The molecule has 116 valence electrons. The van der Waals surface area contributed by atoms with Crippen LogP contribution >= 0.6 is 0 Å². The number of carbonyl (C=O) groups is 1. The van der Waals surface area contributed by atoms with Crippen molar-refractivity contribution in [2.45, 2.75) is 6.42 Å². The van der Waals surface area contributed by atoms with Crippen LogP contribution in [-0.4, -0.2) is 50.4 Å². The Morgan fingerprint density at radius 3 is 2.62 bits per heavy atom. The van der Waals surface area contributed by atoms with Gasteiger partial charge in [0.25, 0.3) is 0 Å². The van der Waals surface area contributed by atoms with E-state index >= 15 is 0 Å². The van der Waals surface area contributed by atoms with Gasteiger partial charge in [0.15, 0.2) is 9.84 Å². The first-order chi connectivity index (χ1) is 9.85. The largest absolute Gasteiger partial charge is 0.397 e. The average molecular weight is 315 g/mol. The number of nitrogens with one attached hydrogen (secondary N) is 1. The summed E-state index contributed by atoms with van der Waals surface area (Å²) in [5.41, 5.74) is 6.16. The van der Waals surface area contributed by atoms with Crippen LogP contribution in [0.25, 0.3) is 0 Å². The lowest BCUT2D eigenvalue weighted by Gasteiger charge is -2.26. The Labute approximate surface area is 123 Å². The Kier molecular flexibility index (Phi) is 4.79. The number of sulfone groups is 1. The highest BCUT2D eigenvalue weighted by molar-refractivity contribution is 7.91. The van der Waals surface area contributed by atoms with Gasteiger partial charge in [0.1, 0.15) is 5.82 Å². The zero-order valence-corrected chi connectivity index (χ0v) is 12.3. The molecule has 0 spiro atoms. The molecule has 1 aliphatic heterocycles. The van der Waals surface area contributed by atoms with Gasteiger partial charge in [-0.25, -0.2) is 12.8 Å². The Bertz CT molecular complexity index is 620. The molecule has 8 heteroatoms. The minimum Gasteiger partial charge on any atom is -0.397 e. The van der Waals surface area contributed by atoms with Gasteiger partial charge >= 0.3 is 0 Å². The topological polar surface area (TPSA) is 92.5 Å². The van der Waals surface area contributed by atoms with E-state index in [1.165, 1.54) is 12.1 Å². The molecular formula is C13H18FN3O3S. The van der Waals surface area contributed by atoms with E-state index in [1.54, 1.807) is 0 Å². The Morgan fingerprint density at radius 1 is 1.33 bits per heavy atom. The molecule has 0 unspecified atom stereocenters. The van der Waals surface area contributed by atoms with Crippen LogP contribution in [0, 0.1) is 5.82 Å². The molecule has 21 heavy (non-hydrogen) atoms. The predicted octanol–water partition coefficient (Wildman–Crippen LogP) is 0.467. The molecule has 2 rings (SSSR count). The first-order valence-corrected chi connectivity index (χ1v) is 8.45. The molecular weight excluding hydrogens is 297 g/mol. The molecule has 1 aromatic rings. The summed E-state index contributed by atoms with van der Waals surface area (Å²) in [6, 6.07) is 3.78. The van der Waals surface area contributed by atoms with Crippen LogP contribution in [0.15, 0.2) is 18.2 Å². The first kappa shape index (κ1) is 15.7. The van der Waals surface area contributed by atoms with Gasteiger partial charge in [-0.2, -0.15) is 0 Å². The number of halogens is 1. The van der Waals surface area contributed by atoms with E-state index in [0.717, 1.165) is 6.07 Å². The molecule has 1 heterocycles. The number of carbonyl (C=O) groups excluding carboxylic acids is 1. The number of rotatable bonds is 4. The molecule has 0 aliphatic carbocycles. The van der Waals surface area contributed by atoms with Gasteiger partial charge in [-0.3, -0.25) is 4.79 Å². The number of nitrogens with two attached hydrogens (primary N) is 1. The van der Waals surface area contributed by atoms with Crippen molar-refractivity contribution in [3.8, 4) is 0 Å². The van der Waals surface area contributed by atoms with Crippen LogP contribution in [0.3, 0.4) is 0 Å². The van der Waals surface area contributed by atoms with E-state index in [9.17, 15) is 17.6 Å². The normalized spacial score (nSPS) is 18.3. The highest BCUT2D eigenvalue weighted by atomic mass is 32.2. The maximum absolute atomic E-state index is 12.9. The number of hydrogen-bond donors (Lipinski definition) is 2. The molecule has 1 aliphatic rings. The summed E-state index contributed by atoms with van der Waals surface area (Å²) in [5, 5.41) is 2.62. The standard InChI is InChI=1S/C13H18FN3O3S/c14-10-1-2-12(11(15)9-10)16-13(18)3-4-17-5-7-21(19,20)8-6-17/h1-2,9H,3-8,15H2,(H,16,18). The molecule has 0 saturated carbocycles. The summed E-state index contributed by atoms with van der Waals surface area (Å²) in [4.78, 5) is 13.8. The minimum absolute atomic E-state index is 0.138. The van der Waals surface area contributed by atoms with Crippen LogP contribution in [0.4, 0.5) is 15.8 Å². The SMILES string of the molecule is Nc1cc(F)ccc1NC(=O)CCN1CCS(=O)(=O)CC1. The van der Waals surface area contributed by atoms with Crippen molar-refractivity contribution in [1.82, 2.24) is 4.90 Å². The summed E-state index contributed by atoms with van der Waals surface area (Å²) < 4.78 is 35.5. The van der Waals surface area contributed by atoms with E-state index in [4.69, 9.17) is 5.73 Å². The number of nitrogens with zero attached hydrogens (tertiary/aromatic N) is 1. The average Bonchev–Trinajstić information content (AvgIpc) is 2.41. The maximum atomic E-state index is 12.9. The third-order valence-corrected chi connectivity index (χ3v) is 4.99. The zero-order valence-electron chi connectivity index (χ0n) is 11.5. The van der Waals surface area contributed by atoms with Crippen molar-refractivity contribution in [1.29, 1.82) is 0 Å². The quantitative estimate of drug-likeness (QED) is 0.788. The summed E-state index contributed by atoms with van der Waals surface area (Å²) in [6.07, 6.45) is 0.233. The van der Waals surface area contributed by atoms with Crippen LogP contribution in [0.2, 0.25) is 0 Å². The van der Waals surface area contributed by atoms with Gasteiger partial charge in [0.05, 0.1) is 22.9 Å². The van der Waals surface area contributed by atoms with Crippen LogP contribution in [-0.2, 0) is 14.6 Å². The second kappa shape index (κ2) is 6.40. The van der Waals surface area contributed by atoms with E-state index in [0.29, 0.717) is 25.3 Å². The van der Waals surface area contributed by atoms with Crippen LogP contribution in [0.1, 0.15) is 6.42 Å². The van der Waals surface area contributed by atoms with E-state index in [2.05, 4.69) is 5.32 Å². The molecule has 0 bridgehead atoms. The summed E-state index contributed by atoms with van der Waals surface area (Å²) in [6.45, 7) is 1.39. The monoisotopic (exact) mass is 315 g/mol. The van der Waals surface area contributed by atoms with Gasteiger partial charge in [-0.15, -0.1) is 0 Å². The molecule has 0 atom stereocenters. The second-order valence-electron chi connectivity index (χ2n) is 5.02. The highest BCUT2D eigenvalue weighted by Gasteiger charge is 2.21. The predicted molar refractivity (Wildman–Crippen MR) is 79.2 cm³/mol. The third-order valence-electron chi connectivity index (χ3n) is 3.38. The van der Waals surface area contributed by atoms with Gasteiger partial charge in [-0.1, -0.05) is 0 Å². The molecule has 0 aromatic heterocycles. The fourth-order valence-electron chi connectivity index (χ4n) is 2.09. The smallest absolute Gasteiger partial charge is 0.225 e. The van der Waals surface area contributed by atoms with Crippen molar-refractivity contribution in [2.75, 3.05) is 42.2 Å². The summed E-state index contributed by atoms with van der Waals surface area (Å²) in [7, 11) is -2.91. The van der Waals surface area contributed by atoms with Gasteiger partial charge in [-0.05, 0) is 18.2 Å². The summed E-state index contributed by atoms with van der Waals surface area (Å²) in [5.74, 6) is -0.416. The van der Waals surface area contributed by atoms with Crippen LogP contribution < -0.4 is 11.1 Å². The van der Waals surface area contributed by atoms with Crippen LogP contribution in [0.5, 0.6) is 0 Å². The van der Waals surface area contributed by atoms with E-state index < -0.39 is 15.7 Å². The van der Waals surface area contributed by atoms with Gasteiger partial charge in [0, 0.05) is 26.1 Å². The molecule has 1 saturated heterocycles. The first-order valence-electron chi connectivity index (χ1n) is 6.63. The van der Waals surface area contributed by atoms with Crippen molar-refractivity contribution in [3.63, 3.8) is 0 Å². The number of hydrogen-bond acceptors (Lipinski definition) is 5. The fourth-order valence-corrected chi connectivity index (χ4v) is 3.37. The molecule has 1 fully saturated rings. The van der Waals surface area contributed by atoms with E-state index in [1.807, 2.05) is 4.90 Å².